The Balaban J connectivity index is 1.94. The first kappa shape index (κ1) is 24.9. The summed E-state index contributed by atoms with van der Waals surface area (Å²) in [4.78, 5) is 28.1. The SMILES string of the molecule is COc1ccc(/C(O)=C2/C(=O)C(=O)N(c3ccc(C(C)C)cc3)C2c2ccc(OC)c(O)c2)c(C)c1. The van der Waals surface area contributed by atoms with Gasteiger partial charge in [0, 0.05) is 11.3 Å². The van der Waals surface area contributed by atoms with Crippen molar-refractivity contribution in [1.82, 2.24) is 0 Å². The topological polar surface area (TPSA) is 96.3 Å². The number of aromatic hydroxyl groups is 1. The molecule has 3 aromatic carbocycles. The van der Waals surface area contributed by atoms with Crippen molar-refractivity contribution < 1.29 is 29.3 Å². The summed E-state index contributed by atoms with van der Waals surface area (Å²) in [5.74, 6) is -0.862. The highest BCUT2D eigenvalue weighted by Crippen LogP contribution is 2.44. The van der Waals surface area contributed by atoms with Crippen LogP contribution in [0.15, 0.2) is 66.2 Å². The first-order chi connectivity index (χ1) is 17.2. The minimum absolute atomic E-state index is 0.0641. The van der Waals surface area contributed by atoms with Gasteiger partial charge in [0.1, 0.15) is 11.5 Å². The number of ether oxygens (including phenoxy) is 2. The normalized spacial score (nSPS) is 17.1. The van der Waals surface area contributed by atoms with Crippen LogP contribution in [0.3, 0.4) is 0 Å². The van der Waals surface area contributed by atoms with Gasteiger partial charge in [-0.2, -0.15) is 0 Å². The number of aliphatic hydroxyl groups excluding tert-OH is 1. The van der Waals surface area contributed by atoms with Crippen molar-refractivity contribution in [3.8, 4) is 17.2 Å². The van der Waals surface area contributed by atoms with Gasteiger partial charge in [0.05, 0.1) is 25.8 Å². The molecule has 1 saturated heterocycles. The maximum absolute atomic E-state index is 13.4. The van der Waals surface area contributed by atoms with E-state index in [9.17, 15) is 19.8 Å². The van der Waals surface area contributed by atoms with E-state index in [1.807, 2.05) is 12.1 Å². The molecule has 0 spiro atoms. The molecule has 1 amide bonds. The fourth-order valence-electron chi connectivity index (χ4n) is 4.49. The lowest BCUT2D eigenvalue weighted by atomic mass is 9.93. The summed E-state index contributed by atoms with van der Waals surface area (Å²) in [6, 6.07) is 16.2. The summed E-state index contributed by atoms with van der Waals surface area (Å²) in [6.07, 6.45) is 0. The predicted molar refractivity (Wildman–Crippen MR) is 138 cm³/mol. The second-order valence-electron chi connectivity index (χ2n) is 9.03. The molecule has 3 aromatic rings. The van der Waals surface area contributed by atoms with Gasteiger partial charge in [-0.25, -0.2) is 0 Å². The Kier molecular flexibility index (Phi) is 6.75. The van der Waals surface area contributed by atoms with Crippen LogP contribution < -0.4 is 14.4 Å². The van der Waals surface area contributed by atoms with E-state index in [0.29, 0.717) is 34.0 Å². The van der Waals surface area contributed by atoms with E-state index in [1.54, 1.807) is 56.5 Å². The molecule has 1 heterocycles. The van der Waals surface area contributed by atoms with E-state index in [0.717, 1.165) is 5.56 Å². The smallest absolute Gasteiger partial charge is 0.300 e. The highest BCUT2D eigenvalue weighted by atomic mass is 16.5. The number of hydrogen-bond acceptors (Lipinski definition) is 6. The standard InChI is InChI=1S/C29H29NO6/c1-16(2)18-6-9-20(10-7-18)30-26(19-8-13-24(36-5)23(31)15-19)25(28(33)29(30)34)27(32)22-12-11-21(35-4)14-17(22)3/h6-16,26,31-32H,1-5H3/b27-25-. The van der Waals surface area contributed by atoms with Crippen LogP contribution in [0.2, 0.25) is 0 Å². The van der Waals surface area contributed by atoms with Crippen molar-refractivity contribution in [1.29, 1.82) is 0 Å². The van der Waals surface area contributed by atoms with Crippen molar-refractivity contribution in [3.05, 3.63) is 88.5 Å². The summed E-state index contributed by atoms with van der Waals surface area (Å²) in [5, 5.41) is 21.9. The molecule has 186 valence electrons. The van der Waals surface area contributed by atoms with Crippen LogP contribution in [0, 0.1) is 6.92 Å². The Morgan fingerprint density at radius 3 is 2.19 bits per heavy atom. The van der Waals surface area contributed by atoms with E-state index >= 15 is 0 Å². The fourth-order valence-corrected chi connectivity index (χ4v) is 4.49. The van der Waals surface area contributed by atoms with Gasteiger partial charge in [-0.3, -0.25) is 14.5 Å². The van der Waals surface area contributed by atoms with Gasteiger partial charge in [-0.1, -0.05) is 32.0 Å². The van der Waals surface area contributed by atoms with E-state index in [4.69, 9.17) is 9.47 Å². The molecule has 4 rings (SSSR count). The summed E-state index contributed by atoms with van der Waals surface area (Å²) < 4.78 is 10.4. The molecule has 7 heteroatoms. The Morgan fingerprint density at radius 1 is 0.944 bits per heavy atom. The molecular weight excluding hydrogens is 458 g/mol. The number of hydrogen-bond donors (Lipinski definition) is 2. The van der Waals surface area contributed by atoms with Crippen LogP contribution in [0.25, 0.3) is 5.76 Å². The van der Waals surface area contributed by atoms with Crippen molar-refractivity contribution in [2.24, 2.45) is 0 Å². The molecule has 1 unspecified atom stereocenters. The third-order valence-electron chi connectivity index (χ3n) is 6.49. The third kappa shape index (κ3) is 4.28. The van der Waals surface area contributed by atoms with Crippen molar-refractivity contribution in [2.45, 2.75) is 32.7 Å². The number of ketones is 1. The maximum atomic E-state index is 13.4. The van der Waals surface area contributed by atoms with Crippen molar-refractivity contribution in [3.63, 3.8) is 0 Å². The number of carbonyl (C=O) groups is 2. The average molecular weight is 488 g/mol. The summed E-state index contributed by atoms with van der Waals surface area (Å²) >= 11 is 0. The van der Waals surface area contributed by atoms with Gasteiger partial charge >= 0.3 is 0 Å². The lowest BCUT2D eigenvalue weighted by molar-refractivity contribution is -0.132. The number of nitrogens with zero attached hydrogens (tertiary/aromatic N) is 1. The average Bonchev–Trinajstić information content (AvgIpc) is 3.13. The molecular formula is C29H29NO6. The second kappa shape index (κ2) is 9.77. The number of phenols is 1. The first-order valence-corrected chi connectivity index (χ1v) is 11.6. The number of anilines is 1. The van der Waals surface area contributed by atoms with Gasteiger partial charge in [-0.05, 0) is 72.0 Å². The van der Waals surface area contributed by atoms with E-state index in [-0.39, 0.29) is 22.8 Å². The van der Waals surface area contributed by atoms with Crippen LogP contribution >= 0.6 is 0 Å². The Morgan fingerprint density at radius 2 is 1.64 bits per heavy atom. The van der Waals surface area contributed by atoms with Crippen molar-refractivity contribution in [2.75, 3.05) is 19.1 Å². The number of aliphatic hydroxyl groups is 1. The van der Waals surface area contributed by atoms with Gasteiger partial charge in [0.15, 0.2) is 11.5 Å². The predicted octanol–water partition coefficient (Wildman–Crippen LogP) is 5.47. The molecule has 0 radical (unpaired) electrons. The summed E-state index contributed by atoms with van der Waals surface area (Å²) in [6.45, 7) is 5.92. The third-order valence-corrected chi connectivity index (χ3v) is 6.49. The lowest BCUT2D eigenvalue weighted by Crippen LogP contribution is -2.29. The monoisotopic (exact) mass is 487 g/mol. The molecule has 1 aliphatic heterocycles. The Labute approximate surface area is 210 Å². The Bertz CT molecular complexity index is 1360. The number of amides is 1. The molecule has 0 aromatic heterocycles. The molecule has 2 N–H and O–H groups in total. The molecule has 7 nitrogen and oxygen atoms in total. The number of benzene rings is 3. The number of phenolic OH excluding ortho intramolecular Hbond substituents is 1. The molecule has 36 heavy (non-hydrogen) atoms. The van der Waals surface area contributed by atoms with Crippen molar-refractivity contribution >= 4 is 23.1 Å². The molecule has 1 atom stereocenters. The van der Waals surface area contributed by atoms with Gasteiger partial charge in [0.2, 0.25) is 0 Å². The molecule has 1 fully saturated rings. The number of aryl methyl sites for hydroxylation is 1. The zero-order valence-corrected chi connectivity index (χ0v) is 20.9. The number of carbonyl (C=O) groups excluding carboxylic acids is 2. The molecule has 0 aliphatic carbocycles. The quantitative estimate of drug-likeness (QED) is 0.272. The maximum Gasteiger partial charge on any atom is 0.300 e. The minimum Gasteiger partial charge on any atom is -0.507 e. The first-order valence-electron chi connectivity index (χ1n) is 11.6. The molecule has 0 saturated carbocycles. The largest absolute Gasteiger partial charge is 0.507 e. The van der Waals surface area contributed by atoms with Gasteiger partial charge < -0.3 is 19.7 Å². The second-order valence-corrected chi connectivity index (χ2v) is 9.03. The van der Waals surface area contributed by atoms with E-state index in [2.05, 4.69) is 13.8 Å². The van der Waals surface area contributed by atoms with Crippen LogP contribution in [-0.4, -0.2) is 36.1 Å². The minimum atomic E-state index is -0.965. The van der Waals surface area contributed by atoms with Crippen LogP contribution in [0.1, 0.15) is 48.1 Å². The summed E-state index contributed by atoms with van der Waals surface area (Å²) in [7, 11) is 2.98. The number of rotatable bonds is 6. The lowest BCUT2D eigenvalue weighted by Gasteiger charge is -2.26. The fraction of sp³-hybridized carbons (Fsp3) is 0.241. The van der Waals surface area contributed by atoms with Gasteiger partial charge in [-0.15, -0.1) is 0 Å². The zero-order valence-electron chi connectivity index (χ0n) is 20.9. The van der Waals surface area contributed by atoms with E-state index < -0.39 is 17.7 Å². The Hall–Kier alpha value is -4.26. The van der Waals surface area contributed by atoms with Crippen LogP contribution in [0.5, 0.6) is 17.2 Å². The molecule has 0 bridgehead atoms. The van der Waals surface area contributed by atoms with Crippen LogP contribution in [0.4, 0.5) is 5.69 Å². The molecule has 1 aliphatic rings. The van der Waals surface area contributed by atoms with Crippen LogP contribution in [-0.2, 0) is 9.59 Å². The highest BCUT2D eigenvalue weighted by molar-refractivity contribution is 6.51. The number of Topliss-reactive ketones (excluding diaryl/α,β-unsaturated/α-hetero) is 1. The number of methoxy groups -OCH3 is 2. The summed E-state index contributed by atoms with van der Waals surface area (Å²) in [5.41, 5.74) is 3.07. The van der Waals surface area contributed by atoms with E-state index in [1.165, 1.54) is 18.1 Å². The van der Waals surface area contributed by atoms with Gasteiger partial charge in [0.25, 0.3) is 11.7 Å². The highest BCUT2D eigenvalue weighted by Gasteiger charge is 2.47. The zero-order chi connectivity index (χ0) is 26.1.